The summed E-state index contributed by atoms with van der Waals surface area (Å²) < 4.78 is 51.7. The minimum atomic E-state index is -0.160. The zero-order valence-electron chi connectivity index (χ0n) is 27.2. The zero-order chi connectivity index (χ0) is 30.9. The van der Waals surface area contributed by atoms with Crippen molar-refractivity contribution in [3.05, 3.63) is 24.3 Å². The molecular formula is C26H51B5O10. The smallest absolute Gasteiger partial charge is 0.523 e. The van der Waals surface area contributed by atoms with Crippen LogP contribution in [-0.4, -0.2) is 86.4 Å². The van der Waals surface area contributed by atoms with E-state index in [0.717, 1.165) is 57.6 Å². The molecule has 4 aliphatic heterocycles. The van der Waals surface area contributed by atoms with Gasteiger partial charge in [-0.15, -0.1) is 0 Å². The van der Waals surface area contributed by atoms with E-state index in [-0.39, 0.29) is 46.8 Å². The molecule has 3 fully saturated rings. The quantitative estimate of drug-likeness (QED) is 0.447. The fraction of sp³-hybridized carbons (Fsp3) is 0.769. The van der Waals surface area contributed by atoms with E-state index in [1.54, 1.807) is 0 Å². The Morgan fingerprint density at radius 1 is 0.659 bits per heavy atom. The molecule has 0 atom stereocenters. The molecule has 1 aromatic rings. The van der Waals surface area contributed by atoms with E-state index in [0.29, 0.717) is 0 Å². The average molecular weight is 578 g/mol. The van der Waals surface area contributed by atoms with Gasteiger partial charge in [0.2, 0.25) is 0 Å². The van der Waals surface area contributed by atoms with Crippen LogP contribution in [0, 0.1) is 0 Å². The molecule has 0 spiro atoms. The molecular weight excluding hydrogens is 526 g/mol. The molecule has 0 radical (unpaired) electrons. The summed E-state index contributed by atoms with van der Waals surface area (Å²) in [5.74, 6) is 1.69. The van der Waals surface area contributed by atoms with Gasteiger partial charge in [0, 0.05) is 26.4 Å². The van der Waals surface area contributed by atoms with Gasteiger partial charge in [-0.2, -0.15) is 0 Å². The molecule has 0 aliphatic carbocycles. The van der Waals surface area contributed by atoms with Gasteiger partial charge in [0.15, 0.2) is 0 Å². The van der Waals surface area contributed by atoms with E-state index in [4.69, 9.17) is 46.5 Å². The van der Waals surface area contributed by atoms with E-state index >= 15 is 0 Å². The maximum absolute atomic E-state index is 5.54. The highest BCUT2D eigenvalue weighted by molar-refractivity contribution is 6.46. The summed E-state index contributed by atoms with van der Waals surface area (Å²) in [6, 6.07) is 7.66. The lowest BCUT2D eigenvalue weighted by Crippen LogP contribution is -2.41. The van der Waals surface area contributed by atoms with Crippen LogP contribution in [0.1, 0.15) is 48.0 Å². The standard InChI is InChI=1S/C7H7BO2.C7H15BO2.C5H13BO2.C4H9BO2.C3H7BO2/c1-8-9-6-4-2-3-5-7(6)10-8;1-6(2)7(3,4)10-8(5)9-6;1-4-7-6(3)8-5-2;1-5-6-3-2-4-7-5;1-4-5-2-3-6-4/h2-5H,1H3;1-5H3;4-5H2,1-3H3;2-4H2,1H3;2-3H2,1H3. The second-order valence-electron chi connectivity index (χ2n) is 10.5. The van der Waals surface area contributed by atoms with E-state index in [9.17, 15) is 0 Å². The molecule has 3 saturated heterocycles. The number of rotatable bonds is 4. The van der Waals surface area contributed by atoms with Gasteiger partial charge >= 0.3 is 35.6 Å². The van der Waals surface area contributed by atoms with E-state index in [1.165, 1.54) is 0 Å². The third kappa shape index (κ3) is 15.7. The van der Waals surface area contributed by atoms with Crippen molar-refractivity contribution >= 4 is 35.6 Å². The maximum atomic E-state index is 5.54. The highest BCUT2D eigenvalue weighted by atomic mass is 16.7. The summed E-state index contributed by atoms with van der Waals surface area (Å²) in [5.41, 5.74) is -0.321. The van der Waals surface area contributed by atoms with Crippen molar-refractivity contribution < 1.29 is 46.5 Å². The Hall–Kier alpha value is -1.18. The average Bonchev–Trinajstić information content (AvgIpc) is 3.57. The van der Waals surface area contributed by atoms with Crippen molar-refractivity contribution in [2.75, 3.05) is 39.6 Å². The summed E-state index contributed by atoms with van der Waals surface area (Å²) in [7, 11) is -0.147. The number of hydrogen-bond acceptors (Lipinski definition) is 10. The fourth-order valence-corrected chi connectivity index (χ4v) is 3.76. The molecule has 4 heterocycles. The molecule has 1 aromatic carbocycles. The lowest BCUT2D eigenvalue weighted by molar-refractivity contribution is 0.00578. The molecule has 0 saturated carbocycles. The lowest BCUT2D eigenvalue weighted by atomic mass is 9.90. The molecule has 41 heavy (non-hydrogen) atoms. The summed E-state index contributed by atoms with van der Waals surface area (Å²) >= 11 is 0. The van der Waals surface area contributed by atoms with Crippen molar-refractivity contribution in [1.82, 2.24) is 0 Å². The first-order valence-electron chi connectivity index (χ1n) is 14.8. The highest BCUT2D eigenvalue weighted by Crippen LogP contribution is 2.36. The third-order valence-electron chi connectivity index (χ3n) is 6.39. The van der Waals surface area contributed by atoms with Gasteiger partial charge < -0.3 is 46.5 Å². The van der Waals surface area contributed by atoms with Crippen molar-refractivity contribution in [2.45, 2.75) is 93.3 Å². The normalized spacial score (nSPS) is 19.5. The van der Waals surface area contributed by atoms with Crippen LogP contribution in [0.4, 0.5) is 0 Å². The fourth-order valence-electron chi connectivity index (χ4n) is 3.76. The first-order valence-corrected chi connectivity index (χ1v) is 14.8. The summed E-state index contributed by atoms with van der Waals surface area (Å²) in [4.78, 5) is 0. The van der Waals surface area contributed by atoms with Gasteiger partial charge in [0.1, 0.15) is 11.5 Å². The molecule has 0 amide bonds. The van der Waals surface area contributed by atoms with Gasteiger partial charge in [-0.05, 0) is 94.2 Å². The van der Waals surface area contributed by atoms with Gasteiger partial charge in [0.05, 0.1) is 24.4 Å². The minimum Gasteiger partial charge on any atom is -0.523 e. The van der Waals surface area contributed by atoms with E-state index in [1.807, 2.05) is 72.2 Å². The number of benzene rings is 1. The predicted octanol–water partition coefficient (Wildman–Crippen LogP) is 5.15. The van der Waals surface area contributed by atoms with Crippen LogP contribution in [0.25, 0.3) is 0 Å². The second-order valence-corrected chi connectivity index (χ2v) is 10.5. The molecule has 4 aliphatic rings. The Balaban J connectivity index is 0.000000260. The molecule has 0 aromatic heterocycles. The molecule has 0 N–H and O–H groups in total. The monoisotopic (exact) mass is 578 g/mol. The van der Waals surface area contributed by atoms with Crippen LogP contribution in [-0.2, 0) is 37.2 Å². The first-order chi connectivity index (χ1) is 19.3. The van der Waals surface area contributed by atoms with Gasteiger partial charge in [0.25, 0.3) is 0 Å². The first kappa shape index (κ1) is 37.8. The Bertz CT molecular complexity index is 764. The molecule has 10 nitrogen and oxygen atoms in total. The van der Waals surface area contributed by atoms with Crippen LogP contribution in [0.15, 0.2) is 24.3 Å². The molecule has 0 unspecified atom stereocenters. The van der Waals surface area contributed by atoms with E-state index in [2.05, 4.69) is 27.7 Å². The van der Waals surface area contributed by atoms with Crippen molar-refractivity contribution in [1.29, 1.82) is 0 Å². The summed E-state index contributed by atoms with van der Waals surface area (Å²) in [5, 5.41) is 0. The van der Waals surface area contributed by atoms with Crippen LogP contribution in [0.3, 0.4) is 0 Å². The SMILES string of the molecule is CB1OC(C)(C)C(C)(C)O1.CB1OCCCO1.CB1OCCO1.CB1Oc2ccccc2O1.CCOB(C)OCC. The highest BCUT2D eigenvalue weighted by Gasteiger charge is 2.48. The second kappa shape index (κ2) is 19.9. The Labute approximate surface area is 250 Å². The molecule has 15 heteroatoms. The molecule has 5 rings (SSSR count). The van der Waals surface area contributed by atoms with Crippen LogP contribution < -0.4 is 9.31 Å². The minimum absolute atomic E-state index is 0.0359. The van der Waals surface area contributed by atoms with Crippen molar-refractivity contribution in [3.63, 3.8) is 0 Å². The van der Waals surface area contributed by atoms with Crippen LogP contribution in [0.2, 0.25) is 34.1 Å². The topological polar surface area (TPSA) is 92.3 Å². The number of fused-ring (bicyclic) bond motifs is 1. The lowest BCUT2D eigenvalue weighted by Gasteiger charge is -2.32. The van der Waals surface area contributed by atoms with Crippen molar-refractivity contribution in [3.8, 4) is 11.5 Å². The summed E-state index contributed by atoms with van der Waals surface area (Å²) in [6.07, 6.45) is 1.05. The van der Waals surface area contributed by atoms with Crippen LogP contribution in [0.5, 0.6) is 11.5 Å². The van der Waals surface area contributed by atoms with E-state index < -0.39 is 0 Å². The van der Waals surface area contributed by atoms with Gasteiger partial charge in [-0.3, -0.25) is 0 Å². The number of hydrogen-bond donors (Lipinski definition) is 0. The largest absolute Gasteiger partial charge is 0.591 e. The summed E-state index contributed by atoms with van der Waals surface area (Å²) in [6.45, 7) is 26.3. The Kier molecular flexibility index (Phi) is 18.4. The molecule has 230 valence electrons. The van der Waals surface area contributed by atoms with Gasteiger partial charge in [-0.1, -0.05) is 12.1 Å². The predicted molar refractivity (Wildman–Crippen MR) is 168 cm³/mol. The Morgan fingerprint density at radius 3 is 1.29 bits per heavy atom. The van der Waals surface area contributed by atoms with Crippen LogP contribution >= 0.6 is 0 Å². The van der Waals surface area contributed by atoms with Gasteiger partial charge in [-0.25, -0.2) is 0 Å². The zero-order valence-corrected chi connectivity index (χ0v) is 27.2. The Morgan fingerprint density at radius 2 is 1.05 bits per heavy atom. The number of para-hydroxylation sites is 2. The molecule has 0 bridgehead atoms. The van der Waals surface area contributed by atoms with Crippen molar-refractivity contribution in [2.24, 2.45) is 0 Å². The maximum Gasteiger partial charge on any atom is 0.591 e. The third-order valence-corrected chi connectivity index (χ3v) is 6.39.